The number of hydrogen-bond acceptors (Lipinski definition) is 7. The predicted molar refractivity (Wildman–Crippen MR) is 118 cm³/mol. The fraction of sp³-hybridized carbons (Fsp3) is 0.391. The average molecular weight is 431 g/mol. The lowest BCUT2D eigenvalue weighted by Crippen LogP contribution is -2.33. The molecule has 0 saturated carbocycles. The topological polar surface area (TPSA) is 86.3 Å². The fourth-order valence-electron chi connectivity index (χ4n) is 3.08. The molecular formula is C23H30N2O6. The molecule has 0 aromatic heterocycles. The molecule has 2 aromatic rings. The molecule has 0 aliphatic heterocycles. The average Bonchev–Trinajstić information content (AvgIpc) is 2.77. The van der Waals surface area contributed by atoms with Crippen molar-refractivity contribution >= 4 is 17.6 Å². The molecule has 1 N–H and O–H groups in total. The molecule has 0 heterocycles. The van der Waals surface area contributed by atoms with Crippen molar-refractivity contribution in [2.24, 2.45) is 0 Å². The van der Waals surface area contributed by atoms with E-state index in [0.717, 1.165) is 5.56 Å². The third-order valence-corrected chi connectivity index (χ3v) is 4.51. The van der Waals surface area contributed by atoms with Gasteiger partial charge in [-0.05, 0) is 12.5 Å². The first-order valence-electron chi connectivity index (χ1n) is 10.0. The SMILES string of the molecule is CCOC(=O)CN(CCC(=O)Nc1cc(OC)c(OC)c(OC)c1)Cc1ccccc1. The number of ether oxygens (including phenoxy) is 4. The molecule has 8 heteroatoms. The summed E-state index contributed by atoms with van der Waals surface area (Å²) in [5.74, 6) is 0.835. The smallest absolute Gasteiger partial charge is 0.320 e. The van der Waals surface area contributed by atoms with Crippen LogP contribution in [0.2, 0.25) is 0 Å². The van der Waals surface area contributed by atoms with E-state index in [9.17, 15) is 9.59 Å². The number of carbonyl (C=O) groups is 2. The van der Waals surface area contributed by atoms with E-state index in [1.165, 1.54) is 21.3 Å². The highest BCUT2D eigenvalue weighted by Crippen LogP contribution is 2.39. The van der Waals surface area contributed by atoms with Crippen LogP contribution in [0.5, 0.6) is 17.2 Å². The minimum absolute atomic E-state index is 0.111. The summed E-state index contributed by atoms with van der Waals surface area (Å²) in [4.78, 5) is 26.4. The minimum Gasteiger partial charge on any atom is -0.493 e. The van der Waals surface area contributed by atoms with Crippen molar-refractivity contribution in [1.82, 2.24) is 4.90 Å². The predicted octanol–water partition coefficient (Wildman–Crippen LogP) is 3.11. The largest absolute Gasteiger partial charge is 0.493 e. The third-order valence-electron chi connectivity index (χ3n) is 4.51. The van der Waals surface area contributed by atoms with Gasteiger partial charge in [-0.15, -0.1) is 0 Å². The van der Waals surface area contributed by atoms with Gasteiger partial charge in [0.05, 0.1) is 34.5 Å². The van der Waals surface area contributed by atoms with Crippen molar-refractivity contribution in [2.45, 2.75) is 19.9 Å². The van der Waals surface area contributed by atoms with Crippen molar-refractivity contribution in [3.05, 3.63) is 48.0 Å². The Hall–Kier alpha value is -3.26. The van der Waals surface area contributed by atoms with Crippen molar-refractivity contribution in [1.29, 1.82) is 0 Å². The molecule has 0 radical (unpaired) electrons. The Morgan fingerprint density at radius 1 is 0.968 bits per heavy atom. The van der Waals surface area contributed by atoms with E-state index in [4.69, 9.17) is 18.9 Å². The molecule has 168 valence electrons. The lowest BCUT2D eigenvalue weighted by molar-refractivity contribution is -0.144. The van der Waals surface area contributed by atoms with Crippen molar-refractivity contribution in [2.75, 3.05) is 46.3 Å². The van der Waals surface area contributed by atoms with E-state index in [1.807, 2.05) is 35.2 Å². The second kappa shape index (κ2) is 12.4. The van der Waals surface area contributed by atoms with E-state index in [2.05, 4.69) is 5.32 Å². The van der Waals surface area contributed by atoms with E-state index < -0.39 is 0 Å². The molecule has 0 spiro atoms. The summed E-state index contributed by atoms with van der Waals surface area (Å²) in [6.45, 7) is 3.13. The number of nitrogens with one attached hydrogen (secondary N) is 1. The van der Waals surface area contributed by atoms with E-state index >= 15 is 0 Å². The lowest BCUT2D eigenvalue weighted by atomic mass is 10.2. The van der Waals surface area contributed by atoms with E-state index in [-0.39, 0.29) is 24.8 Å². The number of benzene rings is 2. The summed E-state index contributed by atoms with van der Waals surface area (Å²) in [7, 11) is 4.54. The number of rotatable bonds is 12. The zero-order valence-corrected chi connectivity index (χ0v) is 18.5. The van der Waals surface area contributed by atoms with Crippen LogP contribution >= 0.6 is 0 Å². The molecule has 0 atom stereocenters. The second-order valence-electron chi connectivity index (χ2n) is 6.71. The first kappa shape index (κ1) is 24.0. The molecular weight excluding hydrogens is 400 g/mol. The van der Waals surface area contributed by atoms with Crippen LogP contribution in [-0.4, -0.2) is 57.8 Å². The van der Waals surface area contributed by atoms with Gasteiger partial charge in [0.15, 0.2) is 11.5 Å². The summed E-state index contributed by atoms with van der Waals surface area (Å²) in [6, 6.07) is 13.1. The standard InChI is InChI=1S/C23H30N2O6/c1-5-31-22(27)16-25(15-17-9-7-6-8-10-17)12-11-21(26)24-18-13-19(28-2)23(30-4)20(14-18)29-3/h6-10,13-14H,5,11-12,15-16H2,1-4H3,(H,24,26). The molecule has 1 amide bonds. The molecule has 0 unspecified atom stereocenters. The molecule has 0 saturated heterocycles. The molecule has 0 aliphatic carbocycles. The van der Waals surface area contributed by atoms with Gasteiger partial charge in [0.25, 0.3) is 0 Å². The van der Waals surface area contributed by atoms with E-state index in [1.54, 1.807) is 19.1 Å². The highest BCUT2D eigenvalue weighted by Gasteiger charge is 2.17. The molecule has 2 aromatic carbocycles. The van der Waals surface area contributed by atoms with Crippen molar-refractivity contribution in [3.63, 3.8) is 0 Å². The van der Waals surface area contributed by atoms with Gasteiger partial charge in [-0.25, -0.2) is 0 Å². The number of methoxy groups -OCH3 is 3. The molecule has 2 rings (SSSR count). The van der Waals surface area contributed by atoms with E-state index in [0.29, 0.717) is 42.6 Å². The van der Waals surface area contributed by atoms with Crippen LogP contribution in [0.3, 0.4) is 0 Å². The van der Waals surface area contributed by atoms with Crippen LogP contribution in [0.1, 0.15) is 18.9 Å². The van der Waals surface area contributed by atoms with Crippen LogP contribution in [-0.2, 0) is 20.9 Å². The zero-order valence-electron chi connectivity index (χ0n) is 18.5. The summed E-state index contributed by atoms with van der Waals surface area (Å²) in [5.41, 5.74) is 1.58. The van der Waals surface area contributed by atoms with Gasteiger partial charge in [0, 0.05) is 37.3 Å². The van der Waals surface area contributed by atoms with Crippen LogP contribution in [0.4, 0.5) is 5.69 Å². The maximum Gasteiger partial charge on any atom is 0.320 e. The first-order valence-corrected chi connectivity index (χ1v) is 10.0. The van der Waals surface area contributed by atoms with Crippen LogP contribution in [0, 0.1) is 0 Å². The lowest BCUT2D eigenvalue weighted by Gasteiger charge is -2.21. The van der Waals surface area contributed by atoms with Crippen molar-refractivity contribution in [3.8, 4) is 17.2 Å². The van der Waals surface area contributed by atoms with Gasteiger partial charge >= 0.3 is 5.97 Å². The summed E-state index contributed by atoms with van der Waals surface area (Å²) in [5, 5.41) is 2.84. The summed E-state index contributed by atoms with van der Waals surface area (Å²) < 4.78 is 21.0. The highest BCUT2D eigenvalue weighted by atomic mass is 16.5. The maximum absolute atomic E-state index is 12.6. The normalized spacial score (nSPS) is 10.5. The second-order valence-corrected chi connectivity index (χ2v) is 6.71. The van der Waals surface area contributed by atoms with Gasteiger partial charge in [0.1, 0.15) is 0 Å². The van der Waals surface area contributed by atoms with Crippen LogP contribution in [0.15, 0.2) is 42.5 Å². The third kappa shape index (κ3) is 7.49. The zero-order chi connectivity index (χ0) is 22.6. The summed E-state index contributed by atoms with van der Waals surface area (Å²) in [6.07, 6.45) is 0.197. The molecule has 0 aliphatic rings. The number of esters is 1. The Balaban J connectivity index is 2.03. The molecule has 0 fully saturated rings. The first-order chi connectivity index (χ1) is 15.0. The number of amides is 1. The molecule has 0 bridgehead atoms. The Bertz CT molecular complexity index is 831. The monoisotopic (exact) mass is 430 g/mol. The van der Waals surface area contributed by atoms with Gasteiger partial charge in [-0.1, -0.05) is 30.3 Å². The Morgan fingerprint density at radius 3 is 2.16 bits per heavy atom. The Labute approximate surface area is 183 Å². The number of anilines is 1. The fourth-order valence-corrected chi connectivity index (χ4v) is 3.08. The quantitative estimate of drug-likeness (QED) is 0.518. The van der Waals surface area contributed by atoms with Gasteiger partial charge < -0.3 is 24.3 Å². The number of nitrogens with zero attached hydrogens (tertiary/aromatic N) is 1. The van der Waals surface area contributed by atoms with Crippen molar-refractivity contribution < 1.29 is 28.5 Å². The summed E-state index contributed by atoms with van der Waals surface area (Å²) >= 11 is 0. The Morgan fingerprint density at radius 2 is 1.61 bits per heavy atom. The highest BCUT2D eigenvalue weighted by molar-refractivity contribution is 5.91. The van der Waals surface area contributed by atoms with Gasteiger partial charge in [-0.3, -0.25) is 14.5 Å². The van der Waals surface area contributed by atoms with Crippen LogP contribution < -0.4 is 19.5 Å². The van der Waals surface area contributed by atoms with Gasteiger partial charge in [0.2, 0.25) is 11.7 Å². The molecule has 31 heavy (non-hydrogen) atoms. The molecule has 8 nitrogen and oxygen atoms in total. The maximum atomic E-state index is 12.6. The van der Waals surface area contributed by atoms with Crippen LogP contribution in [0.25, 0.3) is 0 Å². The Kier molecular flexibility index (Phi) is 9.64. The van der Waals surface area contributed by atoms with Gasteiger partial charge in [-0.2, -0.15) is 0 Å². The number of carbonyl (C=O) groups excluding carboxylic acids is 2. The minimum atomic E-state index is -0.316. The number of hydrogen-bond donors (Lipinski definition) is 1.